The van der Waals surface area contributed by atoms with Gasteiger partial charge in [0.2, 0.25) is 0 Å². The van der Waals surface area contributed by atoms with Crippen LogP contribution >= 0.6 is 27.7 Å². The third-order valence-corrected chi connectivity index (χ3v) is 5.21. The van der Waals surface area contributed by atoms with Crippen molar-refractivity contribution in [2.45, 2.75) is 26.5 Å². The number of hydrogen-bond acceptors (Lipinski definition) is 4. The van der Waals surface area contributed by atoms with Crippen molar-refractivity contribution in [3.63, 3.8) is 0 Å². The maximum absolute atomic E-state index is 12.5. The molecule has 0 radical (unpaired) electrons. The Morgan fingerprint density at radius 1 is 1.15 bits per heavy atom. The minimum atomic E-state index is -0.260. The van der Waals surface area contributed by atoms with Crippen LogP contribution in [0.2, 0.25) is 0 Å². The number of nitrogens with zero attached hydrogens (tertiary/aromatic N) is 1. The number of benzene rings is 2. The van der Waals surface area contributed by atoms with Crippen LogP contribution in [0, 0.1) is 0 Å². The van der Waals surface area contributed by atoms with Crippen LogP contribution in [0.15, 0.2) is 57.9 Å². The fourth-order valence-electron chi connectivity index (χ4n) is 2.57. The lowest BCUT2D eigenvalue weighted by atomic mass is 10.1. The molecule has 1 aliphatic heterocycles. The fraction of sp³-hybridized carbons (Fsp3) is 0.200. The Labute approximate surface area is 165 Å². The lowest BCUT2D eigenvalue weighted by Gasteiger charge is -2.16. The number of halogens is 1. The first kappa shape index (κ1) is 18.7. The largest absolute Gasteiger partial charge is 0.488 e. The molecule has 0 atom stereocenters. The van der Waals surface area contributed by atoms with Gasteiger partial charge >= 0.3 is 0 Å². The second kappa shape index (κ2) is 8.10. The van der Waals surface area contributed by atoms with Gasteiger partial charge in [0.1, 0.15) is 12.4 Å². The van der Waals surface area contributed by atoms with Crippen LogP contribution in [0.1, 0.15) is 25.0 Å². The SMILES string of the molecule is CC(C)N1C(=O)S/C(=C\c2cc(Br)ccc2OCc2ccccc2)C1=O. The highest BCUT2D eigenvalue weighted by Crippen LogP contribution is 2.35. The van der Waals surface area contributed by atoms with E-state index in [1.165, 1.54) is 4.90 Å². The normalized spacial score (nSPS) is 16.0. The second-order valence-corrected chi connectivity index (χ2v) is 8.01. The van der Waals surface area contributed by atoms with Gasteiger partial charge in [-0.3, -0.25) is 14.5 Å². The maximum Gasteiger partial charge on any atom is 0.293 e. The Kier molecular flexibility index (Phi) is 5.84. The first-order chi connectivity index (χ1) is 12.5. The molecule has 0 aromatic heterocycles. The maximum atomic E-state index is 12.5. The van der Waals surface area contributed by atoms with Gasteiger partial charge in [-0.1, -0.05) is 46.3 Å². The molecule has 4 nitrogen and oxygen atoms in total. The lowest BCUT2D eigenvalue weighted by molar-refractivity contribution is -0.123. The summed E-state index contributed by atoms with van der Waals surface area (Å²) >= 11 is 4.41. The average Bonchev–Trinajstić information content (AvgIpc) is 2.89. The number of carbonyl (C=O) groups is 2. The number of hydrogen-bond donors (Lipinski definition) is 0. The molecule has 2 amide bonds. The number of carbonyl (C=O) groups excluding carboxylic acids is 2. The topological polar surface area (TPSA) is 46.6 Å². The first-order valence-corrected chi connectivity index (χ1v) is 9.80. The van der Waals surface area contributed by atoms with Crippen LogP contribution in [0.4, 0.5) is 4.79 Å². The summed E-state index contributed by atoms with van der Waals surface area (Å²) in [5.41, 5.74) is 1.81. The van der Waals surface area contributed by atoms with Crippen molar-refractivity contribution >= 4 is 44.9 Å². The van der Waals surface area contributed by atoms with Gasteiger partial charge in [-0.05, 0) is 55.4 Å². The van der Waals surface area contributed by atoms with Gasteiger partial charge in [-0.2, -0.15) is 0 Å². The van der Waals surface area contributed by atoms with E-state index in [0.29, 0.717) is 17.3 Å². The summed E-state index contributed by atoms with van der Waals surface area (Å²) in [6.45, 7) is 4.08. The number of thioether (sulfide) groups is 1. The third-order valence-electron chi connectivity index (χ3n) is 3.84. The average molecular weight is 432 g/mol. The van der Waals surface area contributed by atoms with Gasteiger partial charge in [0.05, 0.1) is 4.91 Å². The zero-order chi connectivity index (χ0) is 18.7. The van der Waals surface area contributed by atoms with Gasteiger partial charge in [0.15, 0.2) is 0 Å². The van der Waals surface area contributed by atoms with Crippen LogP contribution in [0.5, 0.6) is 5.75 Å². The molecular weight excluding hydrogens is 414 g/mol. The van der Waals surface area contributed by atoms with Crippen LogP contribution in [-0.2, 0) is 11.4 Å². The van der Waals surface area contributed by atoms with Crippen molar-refractivity contribution < 1.29 is 14.3 Å². The molecule has 0 N–H and O–H groups in total. The van der Waals surface area contributed by atoms with Crippen LogP contribution in [-0.4, -0.2) is 22.1 Å². The van der Waals surface area contributed by atoms with Crippen LogP contribution < -0.4 is 4.74 Å². The zero-order valence-electron chi connectivity index (χ0n) is 14.4. The molecule has 2 aromatic carbocycles. The first-order valence-electron chi connectivity index (χ1n) is 8.19. The minimum absolute atomic E-state index is 0.162. The Morgan fingerprint density at radius 2 is 1.88 bits per heavy atom. The monoisotopic (exact) mass is 431 g/mol. The summed E-state index contributed by atoms with van der Waals surface area (Å²) < 4.78 is 6.81. The van der Waals surface area contributed by atoms with Crippen molar-refractivity contribution in [3.8, 4) is 5.75 Å². The summed E-state index contributed by atoms with van der Waals surface area (Å²) in [4.78, 5) is 26.3. The van der Waals surface area contributed by atoms with Gasteiger partial charge in [0, 0.05) is 16.1 Å². The van der Waals surface area contributed by atoms with Crippen molar-refractivity contribution in [2.75, 3.05) is 0 Å². The highest BCUT2D eigenvalue weighted by molar-refractivity contribution is 9.10. The molecular formula is C20H18BrNO3S. The van der Waals surface area contributed by atoms with E-state index in [1.54, 1.807) is 6.08 Å². The van der Waals surface area contributed by atoms with E-state index in [0.717, 1.165) is 27.4 Å². The summed E-state index contributed by atoms with van der Waals surface area (Å²) in [6.07, 6.45) is 1.72. The molecule has 1 saturated heterocycles. The quantitative estimate of drug-likeness (QED) is 0.588. The van der Waals surface area contributed by atoms with Gasteiger partial charge < -0.3 is 4.74 Å². The molecule has 0 aliphatic carbocycles. The van der Waals surface area contributed by atoms with Crippen molar-refractivity contribution in [1.29, 1.82) is 0 Å². The summed E-state index contributed by atoms with van der Waals surface area (Å²) in [5, 5.41) is -0.238. The molecule has 2 aromatic rings. The van der Waals surface area contributed by atoms with E-state index in [1.807, 2.05) is 62.4 Å². The molecule has 1 heterocycles. The molecule has 26 heavy (non-hydrogen) atoms. The van der Waals surface area contributed by atoms with E-state index in [2.05, 4.69) is 15.9 Å². The smallest absolute Gasteiger partial charge is 0.293 e. The molecule has 6 heteroatoms. The molecule has 1 fully saturated rings. The number of imide groups is 1. The predicted octanol–water partition coefficient (Wildman–Crippen LogP) is 5.47. The van der Waals surface area contributed by atoms with E-state index < -0.39 is 0 Å². The molecule has 1 aliphatic rings. The number of ether oxygens (including phenoxy) is 1. The van der Waals surface area contributed by atoms with Gasteiger partial charge in [-0.15, -0.1) is 0 Å². The van der Waals surface area contributed by atoms with Crippen molar-refractivity contribution in [2.24, 2.45) is 0 Å². The van der Waals surface area contributed by atoms with E-state index in [4.69, 9.17) is 4.74 Å². The van der Waals surface area contributed by atoms with Crippen LogP contribution in [0.3, 0.4) is 0 Å². The molecule has 134 valence electrons. The molecule has 0 saturated carbocycles. The van der Waals surface area contributed by atoms with Crippen LogP contribution in [0.25, 0.3) is 6.08 Å². The summed E-state index contributed by atoms with van der Waals surface area (Å²) in [7, 11) is 0. The van der Waals surface area contributed by atoms with Gasteiger partial charge in [-0.25, -0.2) is 0 Å². The predicted molar refractivity (Wildman–Crippen MR) is 108 cm³/mol. The molecule has 0 spiro atoms. The Hall–Kier alpha value is -2.05. The van der Waals surface area contributed by atoms with E-state index >= 15 is 0 Å². The third kappa shape index (κ3) is 4.19. The Bertz CT molecular complexity index is 865. The Morgan fingerprint density at radius 3 is 2.54 bits per heavy atom. The highest BCUT2D eigenvalue weighted by atomic mass is 79.9. The number of rotatable bonds is 5. The second-order valence-electron chi connectivity index (χ2n) is 6.10. The summed E-state index contributed by atoms with van der Waals surface area (Å²) in [5.74, 6) is 0.400. The van der Waals surface area contributed by atoms with Gasteiger partial charge in [0.25, 0.3) is 11.1 Å². The molecule has 0 bridgehead atoms. The van der Waals surface area contributed by atoms with E-state index in [9.17, 15) is 9.59 Å². The summed E-state index contributed by atoms with van der Waals surface area (Å²) in [6, 6.07) is 15.3. The fourth-order valence-corrected chi connectivity index (χ4v) is 3.90. The van der Waals surface area contributed by atoms with Crippen molar-refractivity contribution in [1.82, 2.24) is 4.90 Å². The lowest BCUT2D eigenvalue weighted by Crippen LogP contribution is -2.34. The zero-order valence-corrected chi connectivity index (χ0v) is 16.8. The molecule has 3 rings (SSSR count). The molecule has 0 unspecified atom stereocenters. The Balaban J connectivity index is 1.87. The minimum Gasteiger partial charge on any atom is -0.488 e. The number of amides is 2. The van der Waals surface area contributed by atoms with E-state index in [-0.39, 0.29) is 17.2 Å². The standard InChI is InChI=1S/C20H18BrNO3S/c1-13(2)22-19(23)18(26-20(22)24)11-15-10-16(21)8-9-17(15)25-12-14-6-4-3-5-7-14/h3-11,13H,12H2,1-2H3/b18-11-. The highest BCUT2D eigenvalue weighted by Gasteiger charge is 2.36. The van der Waals surface area contributed by atoms with Crippen molar-refractivity contribution in [3.05, 3.63) is 69.0 Å².